The topological polar surface area (TPSA) is 67.8 Å². The van der Waals surface area contributed by atoms with Crippen molar-refractivity contribution in [2.75, 3.05) is 26.3 Å². The highest BCUT2D eigenvalue weighted by molar-refractivity contribution is 14.0. The molecular weight excluding hydrogens is 479 g/mol. The van der Waals surface area contributed by atoms with Crippen LogP contribution in [0, 0.1) is 6.92 Å². The summed E-state index contributed by atoms with van der Waals surface area (Å²) in [6, 6.07) is 10.3. The molecule has 6 nitrogen and oxygen atoms in total. The Morgan fingerprint density at radius 2 is 2.21 bits per heavy atom. The van der Waals surface area contributed by atoms with Gasteiger partial charge in [-0.25, -0.2) is 4.99 Å². The van der Waals surface area contributed by atoms with Gasteiger partial charge in [-0.1, -0.05) is 18.2 Å². The van der Waals surface area contributed by atoms with Crippen molar-refractivity contribution in [2.45, 2.75) is 39.3 Å². The Kier molecular flexibility index (Phi) is 10.2. The third-order valence-corrected chi connectivity index (χ3v) is 4.58. The van der Waals surface area contributed by atoms with Crippen LogP contribution in [-0.2, 0) is 17.7 Å². The Balaban J connectivity index is 0.00000300. The van der Waals surface area contributed by atoms with E-state index >= 15 is 0 Å². The van der Waals surface area contributed by atoms with Gasteiger partial charge in [0.05, 0.1) is 19.8 Å². The second-order valence-electron chi connectivity index (χ2n) is 6.95. The second kappa shape index (κ2) is 12.6. The van der Waals surface area contributed by atoms with E-state index in [1.165, 1.54) is 11.1 Å². The first kappa shape index (κ1) is 23.4. The van der Waals surface area contributed by atoms with Crippen LogP contribution in [-0.4, -0.2) is 43.4 Å². The number of aliphatic imine (C=N–C) groups is 1. The van der Waals surface area contributed by atoms with Crippen molar-refractivity contribution in [3.05, 3.63) is 59.4 Å². The lowest BCUT2D eigenvalue weighted by Gasteiger charge is -2.16. The summed E-state index contributed by atoms with van der Waals surface area (Å²) in [6.07, 6.45) is 5.67. The number of pyridine rings is 1. The molecule has 1 aliphatic heterocycles. The normalized spacial score (nSPS) is 16.2. The number of hydrogen-bond acceptors (Lipinski definition) is 4. The molecule has 1 unspecified atom stereocenters. The van der Waals surface area contributed by atoms with Gasteiger partial charge in [0.1, 0.15) is 11.9 Å². The van der Waals surface area contributed by atoms with Crippen molar-refractivity contribution < 1.29 is 9.47 Å². The van der Waals surface area contributed by atoms with Crippen LogP contribution in [0.2, 0.25) is 0 Å². The van der Waals surface area contributed by atoms with Crippen molar-refractivity contribution in [1.82, 2.24) is 15.6 Å². The van der Waals surface area contributed by atoms with Gasteiger partial charge in [-0.2, -0.15) is 0 Å². The van der Waals surface area contributed by atoms with Crippen molar-refractivity contribution in [3.8, 4) is 5.75 Å². The molecule has 29 heavy (non-hydrogen) atoms. The highest BCUT2D eigenvalue weighted by Crippen LogP contribution is 2.24. The number of benzene rings is 1. The minimum absolute atomic E-state index is 0. The average Bonchev–Trinajstić information content (AvgIpc) is 3.21. The fourth-order valence-electron chi connectivity index (χ4n) is 3.06. The van der Waals surface area contributed by atoms with E-state index in [9.17, 15) is 0 Å². The number of aromatic nitrogens is 1. The van der Waals surface area contributed by atoms with Crippen LogP contribution in [0.25, 0.3) is 0 Å². The lowest BCUT2D eigenvalue weighted by Crippen LogP contribution is -2.38. The first-order chi connectivity index (χ1) is 13.7. The van der Waals surface area contributed by atoms with Crippen LogP contribution in [0.3, 0.4) is 0 Å². The molecule has 0 saturated carbocycles. The predicted molar refractivity (Wildman–Crippen MR) is 127 cm³/mol. The molecule has 0 spiro atoms. The molecule has 3 rings (SSSR count). The standard InChI is InChI=1S/C22H30N4O2.HI/c1-3-24-22(25-11-8-18-5-4-10-23-14-18)26-15-19-7-6-17(2)13-21(19)28-20-9-12-27-16-20;/h4-7,10,13-14,20H,3,8-9,11-12,15-16H2,1-2H3,(H2,24,25,26);1H. The summed E-state index contributed by atoms with van der Waals surface area (Å²) in [7, 11) is 0. The van der Waals surface area contributed by atoms with E-state index in [-0.39, 0.29) is 30.1 Å². The van der Waals surface area contributed by atoms with Gasteiger partial charge >= 0.3 is 0 Å². The number of aryl methyl sites for hydroxylation is 1. The summed E-state index contributed by atoms with van der Waals surface area (Å²) in [5, 5.41) is 6.70. The van der Waals surface area contributed by atoms with Gasteiger partial charge < -0.3 is 20.1 Å². The highest BCUT2D eigenvalue weighted by atomic mass is 127. The summed E-state index contributed by atoms with van der Waals surface area (Å²) in [5.41, 5.74) is 3.48. The number of hydrogen-bond donors (Lipinski definition) is 2. The minimum Gasteiger partial charge on any atom is -0.488 e. The Labute approximate surface area is 190 Å². The van der Waals surface area contributed by atoms with Crippen LogP contribution in [0.5, 0.6) is 5.75 Å². The number of ether oxygens (including phenoxy) is 2. The largest absolute Gasteiger partial charge is 0.488 e. The van der Waals surface area contributed by atoms with Crippen LogP contribution < -0.4 is 15.4 Å². The van der Waals surface area contributed by atoms with E-state index in [4.69, 9.17) is 14.5 Å². The van der Waals surface area contributed by atoms with E-state index in [1.807, 2.05) is 12.3 Å². The second-order valence-corrected chi connectivity index (χ2v) is 6.95. The van der Waals surface area contributed by atoms with E-state index in [2.05, 4.69) is 53.7 Å². The number of rotatable bonds is 8. The van der Waals surface area contributed by atoms with Crippen molar-refractivity contribution in [1.29, 1.82) is 0 Å². The van der Waals surface area contributed by atoms with E-state index in [1.54, 1.807) is 6.20 Å². The van der Waals surface area contributed by atoms with Gasteiger partial charge in [0.15, 0.2) is 5.96 Å². The van der Waals surface area contributed by atoms with Crippen molar-refractivity contribution >= 4 is 29.9 Å². The van der Waals surface area contributed by atoms with Gasteiger partial charge in [-0.05, 0) is 43.5 Å². The van der Waals surface area contributed by atoms with E-state index in [0.29, 0.717) is 13.2 Å². The van der Waals surface area contributed by atoms with Crippen molar-refractivity contribution in [2.24, 2.45) is 4.99 Å². The molecule has 1 fully saturated rings. The predicted octanol–water partition coefficient (Wildman–Crippen LogP) is 3.47. The molecule has 1 aromatic carbocycles. The number of guanidine groups is 1. The smallest absolute Gasteiger partial charge is 0.191 e. The van der Waals surface area contributed by atoms with Crippen molar-refractivity contribution in [3.63, 3.8) is 0 Å². The highest BCUT2D eigenvalue weighted by Gasteiger charge is 2.18. The van der Waals surface area contributed by atoms with Gasteiger partial charge in [-0.15, -0.1) is 24.0 Å². The van der Waals surface area contributed by atoms with Crippen LogP contribution in [0.15, 0.2) is 47.7 Å². The molecule has 0 aliphatic carbocycles. The van der Waals surface area contributed by atoms with Gasteiger partial charge in [0.2, 0.25) is 0 Å². The summed E-state index contributed by atoms with van der Waals surface area (Å²) in [4.78, 5) is 8.90. The number of nitrogens with one attached hydrogen (secondary N) is 2. The number of halogens is 1. The summed E-state index contributed by atoms with van der Waals surface area (Å²) in [6.45, 7) is 7.76. The number of nitrogens with zero attached hydrogens (tertiary/aromatic N) is 2. The third-order valence-electron chi connectivity index (χ3n) is 4.58. The van der Waals surface area contributed by atoms with E-state index < -0.39 is 0 Å². The molecule has 2 aromatic rings. The Bertz CT molecular complexity index is 765. The molecule has 0 radical (unpaired) electrons. The molecule has 0 amide bonds. The monoisotopic (exact) mass is 510 g/mol. The summed E-state index contributed by atoms with van der Waals surface area (Å²) >= 11 is 0. The van der Waals surface area contributed by atoms with Gasteiger partial charge in [0, 0.05) is 37.5 Å². The van der Waals surface area contributed by atoms with E-state index in [0.717, 1.165) is 49.8 Å². The molecule has 158 valence electrons. The fraction of sp³-hybridized carbons (Fsp3) is 0.455. The Morgan fingerprint density at radius 1 is 1.31 bits per heavy atom. The summed E-state index contributed by atoms with van der Waals surface area (Å²) in [5.74, 6) is 1.72. The van der Waals surface area contributed by atoms with Gasteiger partial charge in [0.25, 0.3) is 0 Å². The van der Waals surface area contributed by atoms with Crippen LogP contribution in [0.1, 0.15) is 30.0 Å². The minimum atomic E-state index is 0. The molecule has 1 atom stereocenters. The van der Waals surface area contributed by atoms with Gasteiger partial charge in [-0.3, -0.25) is 4.98 Å². The zero-order chi connectivity index (χ0) is 19.6. The Hall–Kier alpha value is -1.87. The fourth-order valence-corrected chi connectivity index (χ4v) is 3.06. The Morgan fingerprint density at radius 3 is 2.93 bits per heavy atom. The SMILES string of the molecule is CCNC(=NCc1ccc(C)cc1OC1CCOC1)NCCc1cccnc1.I. The first-order valence-corrected chi connectivity index (χ1v) is 9.99. The summed E-state index contributed by atoms with van der Waals surface area (Å²) < 4.78 is 11.6. The molecule has 7 heteroatoms. The molecule has 2 heterocycles. The molecule has 1 aromatic heterocycles. The van der Waals surface area contributed by atoms with Crippen LogP contribution >= 0.6 is 24.0 Å². The van der Waals surface area contributed by atoms with Crippen LogP contribution in [0.4, 0.5) is 0 Å². The molecular formula is C22H31IN4O2. The molecule has 0 bridgehead atoms. The maximum atomic E-state index is 6.18. The zero-order valence-corrected chi connectivity index (χ0v) is 19.5. The maximum absolute atomic E-state index is 6.18. The first-order valence-electron chi connectivity index (χ1n) is 9.99. The lowest BCUT2D eigenvalue weighted by atomic mass is 10.1. The average molecular weight is 510 g/mol. The maximum Gasteiger partial charge on any atom is 0.191 e. The molecule has 1 saturated heterocycles. The quantitative estimate of drug-likeness (QED) is 0.324. The molecule has 1 aliphatic rings. The zero-order valence-electron chi connectivity index (χ0n) is 17.2. The third kappa shape index (κ3) is 7.81. The lowest BCUT2D eigenvalue weighted by molar-refractivity contribution is 0.140. The molecule has 2 N–H and O–H groups in total.